The van der Waals surface area contributed by atoms with Crippen LogP contribution < -0.4 is 5.32 Å². The molecule has 1 aromatic carbocycles. The van der Waals surface area contributed by atoms with Crippen molar-refractivity contribution in [3.63, 3.8) is 0 Å². The van der Waals surface area contributed by atoms with Gasteiger partial charge in [0.1, 0.15) is 11.9 Å². The predicted octanol–water partition coefficient (Wildman–Crippen LogP) is 1.81. The van der Waals surface area contributed by atoms with Crippen LogP contribution in [0.15, 0.2) is 24.3 Å². The number of carbonyl (C=O) groups excluding carboxylic acids is 1. The van der Waals surface area contributed by atoms with Crippen molar-refractivity contribution in [1.82, 2.24) is 10.2 Å². The highest BCUT2D eigenvalue weighted by Gasteiger charge is 2.48. The van der Waals surface area contributed by atoms with Gasteiger partial charge in [-0.2, -0.15) is 0 Å². The molecule has 0 unspecified atom stereocenters. The second kappa shape index (κ2) is 6.89. The number of hydrogen-bond acceptors (Lipinski definition) is 3. The van der Waals surface area contributed by atoms with E-state index in [1.165, 1.54) is 12.1 Å². The van der Waals surface area contributed by atoms with Gasteiger partial charge in [-0.05, 0) is 61.9 Å². The van der Waals surface area contributed by atoms with Crippen LogP contribution in [-0.4, -0.2) is 47.6 Å². The maximum atomic E-state index is 12.9. The van der Waals surface area contributed by atoms with Crippen molar-refractivity contribution in [3.8, 4) is 0 Å². The number of nitrogens with zero attached hydrogens (tertiary/aromatic N) is 1. The van der Waals surface area contributed by atoms with E-state index in [-0.39, 0.29) is 23.6 Å². The van der Waals surface area contributed by atoms with Crippen LogP contribution in [0.5, 0.6) is 0 Å². The molecule has 2 saturated heterocycles. The Hall–Kier alpha value is -1.95. The predicted molar refractivity (Wildman–Crippen MR) is 87.0 cm³/mol. The van der Waals surface area contributed by atoms with Crippen molar-refractivity contribution in [2.24, 2.45) is 5.41 Å². The number of carboxylic acid groups (broad SMARTS) is 1. The number of hydrogen-bond donors (Lipinski definition) is 2. The van der Waals surface area contributed by atoms with Crippen molar-refractivity contribution in [3.05, 3.63) is 35.6 Å². The Morgan fingerprint density at radius 1 is 1.25 bits per heavy atom. The number of rotatable bonds is 4. The van der Waals surface area contributed by atoms with Gasteiger partial charge in [0.25, 0.3) is 0 Å². The summed E-state index contributed by atoms with van der Waals surface area (Å²) in [7, 11) is 0. The van der Waals surface area contributed by atoms with Gasteiger partial charge in [-0.3, -0.25) is 4.79 Å². The van der Waals surface area contributed by atoms with E-state index in [9.17, 15) is 19.1 Å². The Labute approximate surface area is 140 Å². The number of carboxylic acids is 1. The molecule has 2 N–H and O–H groups in total. The molecule has 2 aliphatic heterocycles. The summed E-state index contributed by atoms with van der Waals surface area (Å²) in [5, 5.41) is 12.8. The van der Waals surface area contributed by atoms with Crippen LogP contribution in [-0.2, 0) is 16.0 Å². The Bertz CT molecular complexity index is 611. The summed E-state index contributed by atoms with van der Waals surface area (Å²) in [6.45, 7) is 2.29. The molecule has 24 heavy (non-hydrogen) atoms. The van der Waals surface area contributed by atoms with Gasteiger partial charge in [0, 0.05) is 13.0 Å². The number of piperidine rings is 1. The number of likely N-dealkylation sites (tertiary alicyclic amines) is 1. The van der Waals surface area contributed by atoms with Gasteiger partial charge in [-0.15, -0.1) is 0 Å². The average Bonchev–Trinajstić information content (AvgIpc) is 2.94. The minimum absolute atomic E-state index is 0.0557. The number of aliphatic carboxylic acids is 1. The van der Waals surface area contributed by atoms with E-state index in [1.807, 2.05) is 0 Å². The van der Waals surface area contributed by atoms with E-state index in [4.69, 9.17) is 0 Å². The zero-order chi connectivity index (χ0) is 17.2. The van der Waals surface area contributed by atoms with E-state index >= 15 is 0 Å². The quantitative estimate of drug-likeness (QED) is 0.881. The molecule has 1 aromatic rings. The molecule has 130 valence electrons. The molecule has 0 saturated carbocycles. The molecule has 1 spiro atoms. The van der Waals surface area contributed by atoms with Crippen LogP contribution in [0.1, 0.15) is 31.2 Å². The standard InChI is InChI=1S/C18H23FN2O3/c19-14-4-1-13(2-5-14)3-6-16(22)21-12-18(7-9-20-10-8-18)11-15(21)17(23)24/h1-2,4-5,15,20H,3,6-12H2,(H,23,24)/t15-/m1/s1. The lowest BCUT2D eigenvalue weighted by Crippen LogP contribution is -2.42. The zero-order valence-corrected chi connectivity index (χ0v) is 13.6. The third-order valence-electron chi connectivity index (χ3n) is 5.32. The Morgan fingerprint density at radius 2 is 1.92 bits per heavy atom. The summed E-state index contributed by atoms with van der Waals surface area (Å²) in [5.74, 6) is -1.34. The molecule has 2 aliphatic rings. The lowest BCUT2D eigenvalue weighted by molar-refractivity contribution is -0.148. The van der Waals surface area contributed by atoms with E-state index in [0.29, 0.717) is 19.4 Å². The first-order valence-electron chi connectivity index (χ1n) is 8.47. The SMILES string of the molecule is O=C(O)[C@H]1CC2(CCNCC2)CN1C(=O)CCc1ccc(F)cc1. The molecule has 2 fully saturated rings. The fraction of sp³-hybridized carbons (Fsp3) is 0.556. The van der Waals surface area contributed by atoms with E-state index in [0.717, 1.165) is 31.5 Å². The Balaban J connectivity index is 1.65. The molecule has 3 rings (SSSR count). The highest BCUT2D eigenvalue weighted by Crippen LogP contribution is 2.42. The summed E-state index contributed by atoms with van der Waals surface area (Å²) in [6, 6.07) is 5.36. The second-order valence-electron chi connectivity index (χ2n) is 6.96. The molecule has 5 nitrogen and oxygen atoms in total. The molecule has 0 aromatic heterocycles. The first kappa shape index (κ1) is 16.9. The van der Waals surface area contributed by atoms with Gasteiger partial charge in [0.2, 0.25) is 5.91 Å². The summed E-state index contributed by atoms with van der Waals surface area (Å²) in [6.07, 6.45) is 3.13. The van der Waals surface area contributed by atoms with Crippen molar-refractivity contribution < 1.29 is 19.1 Å². The number of aryl methyl sites for hydroxylation is 1. The number of amides is 1. The molecular formula is C18H23FN2O3. The summed E-state index contributed by atoms with van der Waals surface area (Å²) in [5.41, 5.74) is 0.826. The van der Waals surface area contributed by atoms with Crippen molar-refractivity contribution in [2.75, 3.05) is 19.6 Å². The van der Waals surface area contributed by atoms with Crippen LogP contribution in [0.3, 0.4) is 0 Å². The zero-order valence-electron chi connectivity index (χ0n) is 13.6. The normalized spacial score (nSPS) is 22.7. The van der Waals surface area contributed by atoms with Gasteiger partial charge >= 0.3 is 5.97 Å². The molecule has 1 atom stereocenters. The summed E-state index contributed by atoms with van der Waals surface area (Å²) < 4.78 is 12.9. The van der Waals surface area contributed by atoms with Crippen molar-refractivity contribution >= 4 is 11.9 Å². The smallest absolute Gasteiger partial charge is 0.326 e. The van der Waals surface area contributed by atoms with Crippen LogP contribution in [0, 0.1) is 11.2 Å². The minimum Gasteiger partial charge on any atom is -0.480 e. The van der Waals surface area contributed by atoms with Crippen LogP contribution in [0.25, 0.3) is 0 Å². The van der Waals surface area contributed by atoms with Crippen molar-refractivity contribution in [1.29, 1.82) is 0 Å². The largest absolute Gasteiger partial charge is 0.480 e. The van der Waals surface area contributed by atoms with Crippen LogP contribution >= 0.6 is 0 Å². The van der Waals surface area contributed by atoms with Crippen LogP contribution in [0.2, 0.25) is 0 Å². The molecule has 6 heteroatoms. The van der Waals surface area contributed by atoms with Crippen LogP contribution in [0.4, 0.5) is 4.39 Å². The molecule has 0 aliphatic carbocycles. The topological polar surface area (TPSA) is 69.6 Å². The molecule has 1 amide bonds. The first-order chi connectivity index (χ1) is 11.5. The van der Waals surface area contributed by atoms with Gasteiger partial charge in [0.15, 0.2) is 0 Å². The fourth-order valence-electron chi connectivity index (χ4n) is 3.90. The third-order valence-corrected chi connectivity index (χ3v) is 5.32. The van der Waals surface area contributed by atoms with Crippen molar-refractivity contribution in [2.45, 2.75) is 38.1 Å². The lowest BCUT2D eigenvalue weighted by Gasteiger charge is -2.33. The summed E-state index contributed by atoms with van der Waals surface area (Å²) in [4.78, 5) is 25.8. The molecular weight excluding hydrogens is 311 g/mol. The number of carbonyl (C=O) groups is 2. The van der Waals surface area contributed by atoms with E-state index in [1.54, 1.807) is 17.0 Å². The second-order valence-corrected chi connectivity index (χ2v) is 6.96. The van der Waals surface area contributed by atoms with E-state index in [2.05, 4.69) is 5.32 Å². The maximum absolute atomic E-state index is 12.9. The minimum atomic E-state index is -0.916. The molecule has 2 heterocycles. The summed E-state index contributed by atoms with van der Waals surface area (Å²) >= 11 is 0. The monoisotopic (exact) mass is 334 g/mol. The maximum Gasteiger partial charge on any atom is 0.326 e. The molecule has 0 radical (unpaired) electrons. The average molecular weight is 334 g/mol. The third kappa shape index (κ3) is 3.59. The Morgan fingerprint density at radius 3 is 2.54 bits per heavy atom. The highest BCUT2D eigenvalue weighted by molar-refractivity contribution is 5.84. The van der Waals surface area contributed by atoms with E-state index < -0.39 is 12.0 Å². The van der Waals surface area contributed by atoms with Gasteiger partial charge in [0.05, 0.1) is 0 Å². The number of halogens is 1. The highest BCUT2D eigenvalue weighted by atomic mass is 19.1. The Kier molecular flexibility index (Phi) is 4.85. The van der Waals surface area contributed by atoms with Gasteiger partial charge in [-0.1, -0.05) is 12.1 Å². The van der Waals surface area contributed by atoms with Gasteiger partial charge < -0.3 is 15.3 Å². The number of benzene rings is 1. The van der Waals surface area contributed by atoms with Gasteiger partial charge in [-0.25, -0.2) is 9.18 Å². The first-order valence-corrected chi connectivity index (χ1v) is 8.47. The fourth-order valence-corrected chi connectivity index (χ4v) is 3.90. The lowest BCUT2D eigenvalue weighted by atomic mass is 9.77. The molecule has 0 bridgehead atoms. The number of nitrogens with one attached hydrogen (secondary N) is 1.